The van der Waals surface area contributed by atoms with Gasteiger partial charge in [0, 0.05) is 69.7 Å². The van der Waals surface area contributed by atoms with Crippen molar-refractivity contribution in [1.82, 2.24) is 19.9 Å². The molecule has 6 rings (SSSR count). The monoisotopic (exact) mass is 566 g/mol. The Morgan fingerprint density at radius 1 is 0.952 bits per heavy atom. The zero-order chi connectivity index (χ0) is 30.0. The number of nitrogens with zero attached hydrogens (tertiary/aromatic N) is 2. The number of carbonyl (C=O) groups is 3. The van der Waals surface area contributed by atoms with Crippen molar-refractivity contribution in [2.24, 2.45) is 0 Å². The molecule has 4 atom stereocenters. The Morgan fingerprint density at radius 3 is 2.36 bits per heavy atom. The summed E-state index contributed by atoms with van der Waals surface area (Å²) in [4.78, 5) is 55.9. The lowest BCUT2D eigenvalue weighted by Crippen LogP contribution is -2.11. The number of nitrogens with one attached hydrogen (secondary N) is 2. The van der Waals surface area contributed by atoms with E-state index in [-0.39, 0.29) is 54.0 Å². The highest BCUT2D eigenvalue weighted by Crippen LogP contribution is 2.45. The Labute approximate surface area is 245 Å². The highest BCUT2D eigenvalue weighted by molar-refractivity contribution is 6.13. The largest absolute Gasteiger partial charge is 0.469 e. The molecule has 0 saturated carbocycles. The first-order valence-corrected chi connectivity index (χ1v) is 14.9. The maximum atomic E-state index is 13.4. The van der Waals surface area contributed by atoms with Crippen LogP contribution in [0.15, 0.2) is 18.2 Å². The van der Waals surface area contributed by atoms with E-state index in [1.54, 1.807) is 6.92 Å². The summed E-state index contributed by atoms with van der Waals surface area (Å²) in [6, 6.07) is 6.14. The number of hydrogen-bond acceptors (Lipinski definition) is 6. The van der Waals surface area contributed by atoms with E-state index in [0.29, 0.717) is 6.42 Å². The molecule has 1 aliphatic carbocycles. The first kappa shape index (κ1) is 28.1. The number of esters is 1. The number of methoxy groups -OCH3 is 1. The summed E-state index contributed by atoms with van der Waals surface area (Å²) in [5, 5.41) is 0. The molecule has 42 heavy (non-hydrogen) atoms. The molecule has 3 aliphatic rings. The minimum atomic E-state index is -0.347. The average molecular weight is 567 g/mol. The number of ether oxygens (including phenoxy) is 1. The molecule has 0 aromatic carbocycles. The van der Waals surface area contributed by atoms with Gasteiger partial charge in [-0.3, -0.25) is 24.4 Å². The zero-order valence-corrected chi connectivity index (χ0v) is 25.4. The zero-order valence-electron chi connectivity index (χ0n) is 25.4. The Hall–Kier alpha value is -4.07. The van der Waals surface area contributed by atoms with Gasteiger partial charge in [0.1, 0.15) is 5.78 Å². The number of carbonyl (C=O) groups excluding carboxylic acids is 3. The molecule has 0 radical (unpaired) electrons. The molecule has 8 bridgehead atoms. The van der Waals surface area contributed by atoms with Gasteiger partial charge in [-0.25, -0.2) is 0 Å². The maximum Gasteiger partial charge on any atom is 0.305 e. The lowest BCUT2D eigenvalue weighted by atomic mass is 9.84. The van der Waals surface area contributed by atoms with E-state index in [1.807, 2.05) is 26.0 Å². The fourth-order valence-electron chi connectivity index (χ4n) is 7.31. The second kappa shape index (κ2) is 10.3. The summed E-state index contributed by atoms with van der Waals surface area (Å²) in [7, 11) is 1.40. The van der Waals surface area contributed by atoms with E-state index in [9.17, 15) is 14.4 Å². The molecule has 2 N–H and O–H groups in total. The van der Waals surface area contributed by atoms with Crippen LogP contribution in [0.4, 0.5) is 0 Å². The fourth-order valence-corrected chi connectivity index (χ4v) is 7.31. The van der Waals surface area contributed by atoms with Gasteiger partial charge in [0.2, 0.25) is 0 Å². The molecule has 2 aliphatic heterocycles. The number of fused-ring (bicyclic) bond motifs is 8. The SMILES string of the molecule is CCc1c(C)c2cc3nc(cc4nc(c5c6[nH]c(cc1[nH]2)c(C)c6C(=O)C5)[C@@H](CCC(=O)OC)[C@@H]4C)[C@H](C)[C@H]3C(C)=O. The molecule has 3 aromatic heterocycles. The summed E-state index contributed by atoms with van der Waals surface area (Å²) in [6.07, 6.45) is 1.93. The van der Waals surface area contributed by atoms with Crippen molar-refractivity contribution in [2.75, 3.05) is 7.11 Å². The van der Waals surface area contributed by atoms with E-state index in [1.165, 1.54) is 12.7 Å². The summed E-state index contributed by atoms with van der Waals surface area (Å²) in [5.41, 5.74) is 11.8. The van der Waals surface area contributed by atoms with Gasteiger partial charge in [-0.15, -0.1) is 0 Å². The van der Waals surface area contributed by atoms with E-state index in [4.69, 9.17) is 14.7 Å². The van der Waals surface area contributed by atoms with Crippen LogP contribution in [-0.4, -0.2) is 44.6 Å². The summed E-state index contributed by atoms with van der Waals surface area (Å²) < 4.78 is 4.95. The third kappa shape index (κ3) is 4.30. The third-order valence-electron chi connectivity index (χ3n) is 9.74. The minimum Gasteiger partial charge on any atom is -0.469 e. The number of rotatable bonds is 5. The topological polar surface area (TPSA) is 118 Å². The molecule has 8 heteroatoms. The molecule has 0 amide bonds. The molecule has 8 nitrogen and oxygen atoms in total. The van der Waals surface area contributed by atoms with E-state index in [2.05, 4.69) is 36.8 Å². The Balaban J connectivity index is 1.73. The maximum absolute atomic E-state index is 13.4. The van der Waals surface area contributed by atoms with Gasteiger partial charge in [-0.2, -0.15) is 0 Å². The van der Waals surface area contributed by atoms with Crippen molar-refractivity contribution in [3.05, 3.63) is 68.8 Å². The lowest BCUT2D eigenvalue weighted by Gasteiger charge is -2.17. The van der Waals surface area contributed by atoms with Gasteiger partial charge in [-0.1, -0.05) is 20.8 Å². The van der Waals surface area contributed by atoms with Crippen molar-refractivity contribution < 1.29 is 19.1 Å². The standard InChI is InChI=1S/C34H38N4O4/c1-8-20-15(2)23-14-28-31(19(6)39)17(4)25(36-28)12-24-16(3)21(9-10-30(41)42-7)33(37-24)22-11-29(40)32-18(5)26(38-34(22)32)13-27(20)35-23/h12-14,16-17,21,31,35,38H,8-11H2,1-7H3/t16-,17-,21-,31-/m0/s1. The third-order valence-corrected chi connectivity index (χ3v) is 9.74. The van der Waals surface area contributed by atoms with Crippen LogP contribution in [0.5, 0.6) is 0 Å². The highest BCUT2D eigenvalue weighted by atomic mass is 16.5. The minimum absolute atomic E-state index is 0.00677. The quantitative estimate of drug-likeness (QED) is 0.338. The molecule has 0 fully saturated rings. The van der Waals surface area contributed by atoms with Gasteiger partial charge in [0.15, 0.2) is 5.78 Å². The number of Topliss-reactive ketones (excluding diaryl/α,β-unsaturated/α-hetero) is 2. The van der Waals surface area contributed by atoms with Crippen molar-refractivity contribution >= 4 is 39.6 Å². The Morgan fingerprint density at radius 2 is 1.67 bits per heavy atom. The van der Waals surface area contributed by atoms with Crippen LogP contribution in [0.3, 0.4) is 0 Å². The molecular formula is C34H38N4O4. The summed E-state index contributed by atoms with van der Waals surface area (Å²) in [6.45, 7) is 12.0. The van der Waals surface area contributed by atoms with Crippen LogP contribution in [-0.2, 0) is 27.2 Å². The number of aromatic nitrogens is 4. The normalized spacial score (nSPS) is 21.2. The van der Waals surface area contributed by atoms with E-state index < -0.39 is 0 Å². The van der Waals surface area contributed by atoms with Crippen LogP contribution in [0.25, 0.3) is 22.1 Å². The second-order valence-corrected chi connectivity index (χ2v) is 12.1. The molecule has 0 unspecified atom stereocenters. The van der Waals surface area contributed by atoms with Gasteiger partial charge in [-0.05, 0) is 68.5 Å². The van der Waals surface area contributed by atoms with Crippen molar-refractivity contribution in [3.63, 3.8) is 0 Å². The number of H-pyrrole nitrogens is 2. The van der Waals surface area contributed by atoms with Gasteiger partial charge >= 0.3 is 5.97 Å². The number of hydrogen-bond donors (Lipinski definition) is 2. The van der Waals surface area contributed by atoms with Crippen LogP contribution >= 0.6 is 0 Å². The fraction of sp³-hybridized carbons (Fsp3) is 0.441. The summed E-state index contributed by atoms with van der Waals surface area (Å²) in [5.74, 6) is -0.627. The van der Waals surface area contributed by atoms with Gasteiger partial charge in [0.25, 0.3) is 0 Å². The van der Waals surface area contributed by atoms with E-state index >= 15 is 0 Å². The first-order chi connectivity index (χ1) is 20.0. The molecule has 0 spiro atoms. The van der Waals surface area contributed by atoms with Crippen LogP contribution in [0.2, 0.25) is 0 Å². The molecule has 0 saturated heterocycles. The lowest BCUT2D eigenvalue weighted by molar-refractivity contribution is -0.140. The summed E-state index contributed by atoms with van der Waals surface area (Å²) >= 11 is 0. The molecule has 5 heterocycles. The van der Waals surface area contributed by atoms with Crippen LogP contribution in [0, 0.1) is 13.8 Å². The van der Waals surface area contributed by atoms with Crippen LogP contribution in [0.1, 0.15) is 120 Å². The van der Waals surface area contributed by atoms with Gasteiger partial charge in [0.05, 0.1) is 29.9 Å². The number of aryl methyl sites for hydroxylation is 3. The molecule has 3 aromatic rings. The Bertz CT molecular complexity index is 1830. The second-order valence-electron chi connectivity index (χ2n) is 12.1. The Kier molecular flexibility index (Phi) is 6.90. The first-order valence-electron chi connectivity index (χ1n) is 14.9. The highest BCUT2D eigenvalue weighted by Gasteiger charge is 2.37. The molecule has 218 valence electrons. The van der Waals surface area contributed by atoms with Crippen molar-refractivity contribution in [3.8, 4) is 0 Å². The predicted octanol–water partition coefficient (Wildman–Crippen LogP) is 6.55. The van der Waals surface area contributed by atoms with Crippen molar-refractivity contribution in [1.29, 1.82) is 0 Å². The predicted molar refractivity (Wildman–Crippen MR) is 162 cm³/mol. The van der Waals surface area contributed by atoms with Crippen LogP contribution < -0.4 is 0 Å². The average Bonchev–Trinajstić information content (AvgIpc) is 3.70. The van der Waals surface area contributed by atoms with E-state index in [0.717, 1.165) is 73.5 Å². The van der Waals surface area contributed by atoms with Crippen molar-refractivity contribution in [2.45, 2.75) is 90.9 Å². The molecular weight excluding hydrogens is 528 g/mol. The van der Waals surface area contributed by atoms with Gasteiger partial charge < -0.3 is 14.7 Å². The number of ketones is 2. The number of aromatic amines is 2. The smallest absolute Gasteiger partial charge is 0.305 e.